The van der Waals surface area contributed by atoms with Crippen LogP contribution in [-0.2, 0) is 23.9 Å². The Morgan fingerprint density at radius 3 is 2.28 bits per heavy atom. The highest BCUT2D eigenvalue weighted by atomic mass is 19.4. The lowest BCUT2D eigenvalue weighted by atomic mass is 9.97. The van der Waals surface area contributed by atoms with Crippen molar-refractivity contribution in [2.75, 3.05) is 22.1 Å². The minimum absolute atomic E-state index is 0.125. The van der Waals surface area contributed by atoms with Crippen LogP contribution in [0.1, 0.15) is 34.0 Å². The summed E-state index contributed by atoms with van der Waals surface area (Å²) in [4.78, 5) is 27.1. The summed E-state index contributed by atoms with van der Waals surface area (Å²) in [6.45, 7) is 2.90. The third kappa shape index (κ3) is 5.80. The minimum Gasteiger partial charge on any atom is -0.365 e. The van der Waals surface area contributed by atoms with Gasteiger partial charge in [-0.2, -0.15) is 13.2 Å². The molecular weight excluding hydrogens is 503 g/mol. The fraction of sp³-hybridized carbons (Fsp3) is 0.161. The lowest BCUT2D eigenvalue weighted by molar-refractivity contribution is -0.137. The average molecular weight is 530 g/mol. The quantitative estimate of drug-likeness (QED) is 0.289. The molecule has 0 bridgehead atoms. The van der Waals surface area contributed by atoms with Gasteiger partial charge in [-0.05, 0) is 71.1 Å². The van der Waals surface area contributed by atoms with E-state index in [0.717, 1.165) is 47.6 Å². The molecule has 0 fully saturated rings. The Balaban J connectivity index is 1.33. The molecule has 0 radical (unpaired) electrons. The van der Waals surface area contributed by atoms with Crippen molar-refractivity contribution in [1.29, 1.82) is 0 Å². The normalized spacial score (nSPS) is 13.0. The number of fused-ring (bicyclic) bond motifs is 1. The zero-order chi connectivity index (χ0) is 27.6. The van der Waals surface area contributed by atoms with Crippen LogP contribution in [0.25, 0.3) is 11.1 Å². The van der Waals surface area contributed by atoms with Crippen molar-refractivity contribution in [2.45, 2.75) is 26.1 Å². The molecule has 1 aliphatic heterocycles. The number of alkyl halides is 3. The summed E-state index contributed by atoms with van der Waals surface area (Å²) in [5.41, 5.74) is 5.33. The molecule has 0 saturated carbocycles. The predicted octanol–water partition coefficient (Wildman–Crippen LogP) is 7.15. The molecule has 1 heterocycles. The van der Waals surface area contributed by atoms with Gasteiger partial charge in [0.25, 0.3) is 5.91 Å². The lowest BCUT2D eigenvalue weighted by Gasteiger charge is -2.32. The second kappa shape index (κ2) is 10.6. The van der Waals surface area contributed by atoms with Crippen LogP contribution < -0.4 is 15.5 Å². The van der Waals surface area contributed by atoms with Gasteiger partial charge in [0.2, 0.25) is 5.91 Å². The number of carbonyl (C=O) groups excluding carboxylic acids is 2. The van der Waals surface area contributed by atoms with Crippen molar-refractivity contribution in [1.82, 2.24) is 0 Å². The van der Waals surface area contributed by atoms with E-state index in [2.05, 4.69) is 15.5 Å². The molecule has 0 saturated heterocycles. The number of halogens is 3. The number of amides is 2. The van der Waals surface area contributed by atoms with E-state index in [-0.39, 0.29) is 11.8 Å². The Bertz CT molecular complexity index is 1530. The number of nitrogens with zero attached hydrogens (tertiary/aromatic N) is 1. The molecule has 4 aromatic rings. The third-order valence-electron chi connectivity index (χ3n) is 6.73. The molecule has 5 rings (SSSR count). The van der Waals surface area contributed by atoms with Crippen molar-refractivity contribution in [3.63, 3.8) is 0 Å². The Labute approximate surface area is 224 Å². The first kappa shape index (κ1) is 26.0. The Morgan fingerprint density at radius 2 is 1.54 bits per heavy atom. The summed E-state index contributed by atoms with van der Waals surface area (Å²) in [6.07, 6.45) is -3.66. The fourth-order valence-electron chi connectivity index (χ4n) is 4.85. The van der Waals surface area contributed by atoms with Crippen molar-refractivity contribution < 1.29 is 22.8 Å². The molecule has 5 nitrogen and oxygen atoms in total. The van der Waals surface area contributed by atoms with E-state index >= 15 is 0 Å². The summed E-state index contributed by atoms with van der Waals surface area (Å²) < 4.78 is 38.9. The van der Waals surface area contributed by atoms with E-state index in [1.54, 1.807) is 24.3 Å². The van der Waals surface area contributed by atoms with Crippen molar-refractivity contribution in [3.8, 4) is 11.1 Å². The fourth-order valence-corrected chi connectivity index (χ4v) is 4.85. The molecule has 4 aromatic carbocycles. The molecule has 39 heavy (non-hydrogen) atoms. The summed E-state index contributed by atoms with van der Waals surface area (Å²) >= 11 is 0. The molecule has 0 aromatic heterocycles. The van der Waals surface area contributed by atoms with Crippen LogP contribution in [0.2, 0.25) is 0 Å². The standard InChI is InChI=1S/C31H26F3N3O2/c1-20(38)35-28-8-4-5-9-29(28)37-17-16-22-18-25(15-12-23(22)19-37)36-30(39)27-7-3-2-6-26(27)21-10-13-24(14-11-21)31(32,33)34/h2-15,18H,16-17,19H2,1H3,(H,35,38)(H,36,39). The largest absolute Gasteiger partial charge is 0.416 e. The van der Waals surface area contributed by atoms with Gasteiger partial charge in [0.15, 0.2) is 0 Å². The maximum absolute atomic E-state index is 13.2. The molecular formula is C31H26F3N3O2. The number of para-hydroxylation sites is 2. The van der Waals surface area contributed by atoms with Crippen LogP contribution in [0.3, 0.4) is 0 Å². The number of benzene rings is 4. The van der Waals surface area contributed by atoms with Crippen molar-refractivity contribution >= 4 is 28.9 Å². The van der Waals surface area contributed by atoms with E-state index in [1.165, 1.54) is 19.1 Å². The highest BCUT2D eigenvalue weighted by molar-refractivity contribution is 6.08. The maximum Gasteiger partial charge on any atom is 0.416 e. The van der Waals surface area contributed by atoms with Crippen molar-refractivity contribution in [2.24, 2.45) is 0 Å². The summed E-state index contributed by atoms with van der Waals surface area (Å²) in [7, 11) is 0. The van der Waals surface area contributed by atoms with Gasteiger partial charge < -0.3 is 15.5 Å². The molecule has 198 valence electrons. The van der Waals surface area contributed by atoms with Crippen LogP contribution >= 0.6 is 0 Å². The van der Waals surface area contributed by atoms with E-state index < -0.39 is 11.7 Å². The zero-order valence-corrected chi connectivity index (χ0v) is 21.2. The highest BCUT2D eigenvalue weighted by Crippen LogP contribution is 2.33. The van der Waals surface area contributed by atoms with Gasteiger partial charge in [-0.1, -0.05) is 48.5 Å². The second-order valence-electron chi connectivity index (χ2n) is 9.43. The zero-order valence-electron chi connectivity index (χ0n) is 21.2. The van der Waals surface area contributed by atoms with Gasteiger partial charge in [-0.15, -0.1) is 0 Å². The number of nitrogens with one attached hydrogen (secondary N) is 2. The molecule has 2 amide bonds. The smallest absolute Gasteiger partial charge is 0.365 e. The van der Waals surface area contributed by atoms with Crippen LogP contribution in [0.4, 0.5) is 30.2 Å². The first-order chi connectivity index (χ1) is 18.7. The topological polar surface area (TPSA) is 61.4 Å². The van der Waals surface area contributed by atoms with Gasteiger partial charge >= 0.3 is 6.18 Å². The number of hydrogen-bond donors (Lipinski definition) is 2. The van der Waals surface area contributed by atoms with Gasteiger partial charge in [-0.25, -0.2) is 0 Å². The Morgan fingerprint density at radius 1 is 0.821 bits per heavy atom. The summed E-state index contributed by atoms with van der Waals surface area (Å²) in [5, 5.41) is 5.84. The van der Waals surface area contributed by atoms with E-state index in [4.69, 9.17) is 0 Å². The van der Waals surface area contributed by atoms with Crippen LogP contribution in [0.5, 0.6) is 0 Å². The monoisotopic (exact) mass is 529 g/mol. The molecule has 0 atom stereocenters. The van der Waals surface area contributed by atoms with Crippen molar-refractivity contribution in [3.05, 3.63) is 113 Å². The molecule has 0 unspecified atom stereocenters. The first-order valence-electron chi connectivity index (χ1n) is 12.5. The van der Waals surface area contributed by atoms with E-state index in [0.29, 0.717) is 28.9 Å². The number of hydrogen-bond acceptors (Lipinski definition) is 3. The molecule has 2 N–H and O–H groups in total. The highest BCUT2D eigenvalue weighted by Gasteiger charge is 2.30. The Hall–Kier alpha value is -4.59. The predicted molar refractivity (Wildman–Crippen MR) is 147 cm³/mol. The summed E-state index contributed by atoms with van der Waals surface area (Å²) in [5.74, 6) is -0.466. The summed E-state index contributed by atoms with van der Waals surface area (Å²) in [6, 6.07) is 25.1. The van der Waals surface area contributed by atoms with Crippen LogP contribution in [0.15, 0.2) is 91.0 Å². The van der Waals surface area contributed by atoms with Gasteiger partial charge in [0.05, 0.1) is 16.9 Å². The molecule has 1 aliphatic rings. The first-order valence-corrected chi connectivity index (χ1v) is 12.5. The van der Waals surface area contributed by atoms with E-state index in [9.17, 15) is 22.8 Å². The van der Waals surface area contributed by atoms with Gasteiger partial charge in [0, 0.05) is 31.3 Å². The number of anilines is 3. The average Bonchev–Trinajstić information content (AvgIpc) is 2.92. The van der Waals surface area contributed by atoms with Gasteiger partial charge in [-0.3, -0.25) is 9.59 Å². The third-order valence-corrected chi connectivity index (χ3v) is 6.73. The lowest BCUT2D eigenvalue weighted by Crippen LogP contribution is -2.31. The number of carbonyl (C=O) groups is 2. The second-order valence-corrected chi connectivity index (χ2v) is 9.43. The van der Waals surface area contributed by atoms with E-state index in [1.807, 2.05) is 42.5 Å². The van der Waals surface area contributed by atoms with Gasteiger partial charge in [0.1, 0.15) is 0 Å². The van der Waals surface area contributed by atoms with Crippen LogP contribution in [0, 0.1) is 0 Å². The molecule has 0 spiro atoms. The Kier molecular flexibility index (Phi) is 7.11. The molecule has 8 heteroatoms. The SMILES string of the molecule is CC(=O)Nc1ccccc1N1CCc2cc(NC(=O)c3ccccc3-c3ccc(C(F)(F)F)cc3)ccc2C1. The minimum atomic E-state index is -4.42. The number of rotatable bonds is 5. The molecule has 0 aliphatic carbocycles. The maximum atomic E-state index is 13.2. The van der Waals surface area contributed by atoms with Crippen LogP contribution in [-0.4, -0.2) is 18.4 Å².